The fraction of sp³-hybridized carbons (Fsp3) is 0.250. The van der Waals surface area contributed by atoms with Crippen LogP contribution < -0.4 is 10.5 Å². The number of rotatable bonds is 2. The van der Waals surface area contributed by atoms with Gasteiger partial charge in [0.1, 0.15) is 23.5 Å². The van der Waals surface area contributed by atoms with E-state index in [0.29, 0.717) is 10.0 Å². The van der Waals surface area contributed by atoms with E-state index in [1.54, 1.807) is 6.07 Å². The highest BCUT2D eigenvalue weighted by molar-refractivity contribution is 9.10. The summed E-state index contributed by atoms with van der Waals surface area (Å²) in [6.07, 6.45) is 0.897. The first kappa shape index (κ1) is 14.5. The molecule has 0 bridgehead atoms. The highest BCUT2D eigenvalue weighted by atomic mass is 79.9. The molecule has 0 aliphatic carbocycles. The largest absolute Gasteiger partial charge is 0.490 e. The highest BCUT2D eigenvalue weighted by Gasteiger charge is 2.23. The Morgan fingerprint density at radius 1 is 1.24 bits per heavy atom. The molecular weight excluding hydrogens is 340 g/mol. The van der Waals surface area contributed by atoms with Gasteiger partial charge < -0.3 is 10.5 Å². The minimum Gasteiger partial charge on any atom is -0.490 e. The second-order valence-electron chi connectivity index (χ2n) is 5.26. The highest BCUT2D eigenvalue weighted by Crippen LogP contribution is 2.33. The monoisotopic (exact) mass is 353 g/mol. The fourth-order valence-electron chi connectivity index (χ4n) is 2.65. The number of nitrogens with two attached hydrogens (primary N) is 1. The van der Waals surface area contributed by atoms with Gasteiger partial charge in [-0.2, -0.15) is 0 Å². The van der Waals surface area contributed by atoms with Crippen LogP contribution in [-0.4, -0.2) is 6.10 Å². The predicted octanol–water partition coefficient (Wildman–Crippen LogP) is 4.10. The van der Waals surface area contributed by atoms with E-state index in [-0.39, 0.29) is 11.7 Å². The Kier molecular flexibility index (Phi) is 3.71. The van der Waals surface area contributed by atoms with Crippen LogP contribution in [0.25, 0.3) is 0 Å². The zero-order valence-corrected chi connectivity index (χ0v) is 13.0. The number of hydrogen-bond donors (Lipinski definition) is 1. The van der Waals surface area contributed by atoms with Gasteiger partial charge in [-0.15, -0.1) is 0 Å². The van der Waals surface area contributed by atoms with E-state index in [2.05, 4.69) is 15.9 Å². The molecule has 0 fully saturated rings. The van der Waals surface area contributed by atoms with Gasteiger partial charge in [0.15, 0.2) is 0 Å². The zero-order valence-electron chi connectivity index (χ0n) is 11.4. The van der Waals surface area contributed by atoms with Crippen molar-refractivity contribution in [1.82, 2.24) is 0 Å². The Labute approximate surface area is 130 Å². The minimum absolute atomic E-state index is 0.118. The van der Waals surface area contributed by atoms with Gasteiger partial charge in [-0.25, -0.2) is 8.78 Å². The summed E-state index contributed by atoms with van der Waals surface area (Å²) in [7, 11) is 0. The first-order valence-electron chi connectivity index (χ1n) is 6.65. The quantitative estimate of drug-likeness (QED) is 0.881. The van der Waals surface area contributed by atoms with Gasteiger partial charge in [-0.1, -0.05) is 28.1 Å². The van der Waals surface area contributed by atoms with Gasteiger partial charge in [0.05, 0.1) is 6.04 Å². The maximum Gasteiger partial charge on any atom is 0.132 e. The van der Waals surface area contributed by atoms with Gasteiger partial charge >= 0.3 is 0 Å². The van der Waals surface area contributed by atoms with Gasteiger partial charge in [-0.3, -0.25) is 0 Å². The summed E-state index contributed by atoms with van der Waals surface area (Å²) in [6, 6.07) is 7.02. The van der Waals surface area contributed by atoms with E-state index < -0.39 is 17.7 Å². The Balaban J connectivity index is 2.00. The Bertz CT molecular complexity index is 682. The Hall–Kier alpha value is -1.46. The van der Waals surface area contributed by atoms with Crippen LogP contribution in [0.4, 0.5) is 8.78 Å². The number of benzene rings is 2. The normalized spacial score (nSPS) is 18.2. The number of ether oxygens (including phenoxy) is 1. The number of hydrogen-bond acceptors (Lipinski definition) is 2. The van der Waals surface area contributed by atoms with Crippen LogP contribution in [-0.2, 0) is 6.42 Å². The molecule has 1 heterocycles. The molecule has 2 aromatic rings. The SMILES string of the molecule is CC1Cc2cc(C(N)c3c(F)cc(Br)cc3F)ccc2O1. The molecule has 1 aliphatic heterocycles. The smallest absolute Gasteiger partial charge is 0.132 e. The summed E-state index contributed by atoms with van der Waals surface area (Å²) < 4.78 is 34.0. The molecule has 0 spiro atoms. The molecule has 3 rings (SSSR count). The molecule has 1 aliphatic rings. The van der Waals surface area contributed by atoms with Crippen molar-refractivity contribution >= 4 is 15.9 Å². The third-order valence-electron chi connectivity index (χ3n) is 3.63. The topological polar surface area (TPSA) is 35.2 Å². The molecule has 110 valence electrons. The molecule has 0 amide bonds. The van der Waals surface area contributed by atoms with Crippen LogP contribution in [0.15, 0.2) is 34.8 Å². The van der Waals surface area contributed by atoms with Crippen molar-refractivity contribution in [3.8, 4) is 5.75 Å². The zero-order chi connectivity index (χ0) is 15.1. The summed E-state index contributed by atoms with van der Waals surface area (Å²) in [6.45, 7) is 1.98. The number of halogens is 3. The van der Waals surface area contributed by atoms with Crippen molar-refractivity contribution in [2.75, 3.05) is 0 Å². The van der Waals surface area contributed by atoms with E-state index in [1.807, 2.05) is 19.1 Å². The van der Waals surface area contributed by atoms with E-state index in [9.17, 15) is 8.78 Å². The minimum atomic E-state index is -0.848. The molecule has 2 nitrogen and oxygen atoms in total. The molecule has 2 unspecified atom stereocenters. The molecule has 2 aromatic carbocycles. The molecule has 0 saturated heterocycles. The van der Waals surface area contributed by atoms with Gasteiger partial charge in [0.2, 0.25) is 0 Å². The Morgan fingerprint density at radius 2 is 1.90 bits per heavy atom. The second kappa shape index (κ2) is 5.39. The maximum atomic E-state index is 14.0. The summed E-state index contributed by atoms with van der Waals surface area (Å²) in [5, 5.41) is 0. The van der Waals surface area contributed by atoms with Gasteiger partial charge in [-0.05, 0) is 36.2 Å². The van der Waals surface area contributed by atoms with Crippen LogP contribution in [0.2, 0.25) is 0 Å². The predicted molar refractivity (Wildman–Crippen MR) is 80.3 cm³/mol. The Morgan fingerprint density at radius 3 is 2.57 bits per heavy atom. The second-order valence-corrected chi connectivity index (χ2v) is 6.18. The maximum absolute atomic E-state index is 14.0. The molecule has 0 radical (unpaired) electrons. The van der Waals surface area contributed by atoms with Crippen molar-refractivity contribution in [2.24, 2.45) is 5.73 Å². The van der Waals surface area contributed by atoms with E-state index in [0.717, 1.165) is 17.7 Å². The summed E-state index contributed by atoms with van der Waals surface area (Å²) in [5.74, 6) is -0.491. The lowest BCUT2D eigenvalue weighted by Crippen LogP contribution is -2.16. The average Bonchev–Trinajstić information content (AvgIpc) is 2.76. The molecule has 5 heteroatoms. The van der Waals surface area contributed by atoms with Crippen LogP contribution >= 0.6 is 15.9 Å². The van der Waals surface area contributed by atoms with E-state index in [4.69, 9.17) is 10.5 Å². The van der Waals surface area contributed by atoms with Crippen molar-refractivity contribution in [1.29, 1.82) is 0 Å². The molecule has 21 heavy (non-hydrogen) atoms. The molecule has 2 N–H and O–H groups in total. The van der Waals surface area contributed by atoms with Crippen molar-refractivity contribution in [3.05, 3.63) is 63.1 Å². The lowest BCUT2D eigenvalue weighted by molar-refractivity contribution is 0.254. The van der Waals surface area contributed by atoms with Crippen molar-refractivity contribution < 1.29 is 13.5 Å². The first-order chi connectivity index (χ1) is 9.95. The van der Waals surface area contributed by atoms with E-state index >= 15 is 0 Å². The summed E-state index contributed by atoms with van der Waals surface area (Å²) >= 11 is 3.06. The molecule has 0 saturated carbocycles. The van der Waals surface area contributed by atoms with Crippen molar-refractivity contribution in [3.63, 3.8) is 0 Å². The molecular formula is C16H14BrF2NO. The lowest BCUT2D eigenvalue weighted by atomic mass is 9.96. The first-order valence-corrected chi connectivity index (χ1v) is 7.44. The molecule has 0 aromatic heterocycles. The summed E-state index contributed by atoms with van der Waals surface area (Å²) in [4.78, 5) is 0. The van der Waals surface area contributed by atoms with Gasteiger partial charge in [0, 0.05) is 16.5 Å². The van der Waals surface area contributed by atoms with Crippen LogP contribution in [0.3, 0.4) is 0 Å². The fourth-order valence-corrected chi connectivity index (χ4v) is 3.05. The summed E-state index contributed by atoms with van der Waals surface area (Å²) in [5.41, 5.74) is 7.63. The standard InChI is InChI=1S/C16H14BrF2NO/c1-8-4-10-5-9(2-3-14(10)21-8)16(20)15-12(18)6-11(17)7-13(15)19/h2-3,5-8,16H,4,20H2,1H3. The molecule has 2 atom stereocenters. The van der Waals surface area contributed by atoms with Crippen LogP contribution in [0.5, 0.6) is 5.75 Å². The average molecular weight is 354 g/mol. The third kappa shape index (κ3) is 2.68. The van der Waals surface area contributed by atoms with Gasteiger partial charge in [0.25, 0.3) is 0 Å². The van der Waals surface area contributed by atoms with Crippen molar-refractivity contribution in [2.45, 2.75) is 25.5 Å². The third-order valence-corrected chi connectivity index (χ3v) is 4.09. The number of fused-ring (bicyclic) bond motifs is 1. The van der Waals surface area contributed by atoms with E-state index in [1.165, 1.54) is 12.1 Å². The van der Waals surface area contributed by atoms with Crippen LogP contribution in [0, 0.1) is 11.6 Å². The lowest BCUT2D eigenvalue weighted by Gasteiger charge is -2.15. The van der Waals surface area contributed by atoms with Crippen LogP contribution in [0.1, 0.15) is 29.7 Å².